The van der Waals surface area contributed by atoms with Gasteiger partial charge in [0.1, 0.15) is 19.3 Å². The van der Waals surface area contributed by atoms with Gasteiger partial charge >= 0.3 is 39.5 Å². The van der Waals surface area contributed by atoms with Crippen LogP contribution >= 0.6 is 15.6 Å². The van der Waals surface area contributed by atoms with E-state index in [0.29, 0.717) is 25.7 Å². The van der Waals surface area contributed by atoms with Gasteiger partial charge in [-0.1, -0.05) is 375 Å². The predicted octanol–water partition coefficient (Wildman–Crippen LogP) is 24.0. The van der Waals surface area contributed by atoms with Gasteiger partial charge in [0, 0.05) is 25.7 Å². The van der Waals surface area contributed by atoms with Gasteiger partial charge in [-0.15, -0.1) is 0 Å². The second kappa shape index (κ2) is 73.0. The van der Waals surface area contributed by atoms with Crippen LogP contribution in [0.15, 0.2) is 0 Å². The lowest BCUT2D eigenvalue weighted by molar-refractivity contribution is -0.161. The second-order valence-electron chi connectivity index (χ2n) is 29.3. The van der Waals surface area contributed by atoms with E-state index < -0.39 is 97.5 Å². The van der Waals surface area contributed by atoms with Crippen molar-refractivity contribution >= 4 is 39.5 Å². The molecule has 0 radical (unpaired) electrons. The molecule has 0 fully saturated rings. The number of hydrogen-bond acceptors (Lipinski definition) is 15. The van der Waals surface area contributed by atoms with Gasteiger partial charge in [-0.05, 0) is 31.6 Å². The molecule has 0 saturated heterocycles. The van der Waals surface area contributed by atoms with E-state index in [4.69, 9.17) is 37.0 Å². The summed E-state index contributed by atoms with van der Waals surface area (Å²) in [5.74, 6) is -1.30. The van der Waals surface area contributed by atoms with Gasteiger partial charge in [-0.3, -0.25) is 37.3 Å². The first-order valence-electron chi connectivity index (χ1n) is 41.6. The van der Waals surface area contributed by atoms with Gasteiger partial charge in [0.15, 0.2) is 12.2 Å². The fourth-order valence-corrected chi connectivity index (χ4v) is 14.0. The Balaban J connectivity index is 5.22. The van der Waals surface area contributed by atoms with Crippen LogP contribution in [0.2, 0.25) is 0 Å². The van der Waals surface area contributed by atoms with Gasteiger partial charge in [0.05, 0.1) is 26.4 Å². The van der Waals surface area contributed by atoms with Crippen LogP contribution in [0.25, 0.3) is 0 Å². The molecule has 0 amide bonds. The maximum Gasteiger partial charge on any atom is 0.472 e. The van der Waals surface area contributed by atoms with E-state index in [2.05, 4.69) is 34.6 Å². The van der Waals surface area contributed by atoms with Crippen LogP contribution in [0.5, 0.6) is 0 Å². The SMILES string of the molecule is CCCCCCCCCCCCCCCCCCC(=O)OC[C@H](COP(=O)(O)OC[C@@H](O)COP(=O)(O)OC[C@@H](COC(=O)CCCCCCCCCCC)OC(=O)CCCCCCCCCCCCCCCCCC)OC(=O)CCCCCCCCCCCCCCCCCC(C)C. The van der Waals surface area contributed by atoms with E-state index in [-0.39, 0.29) is 25.7 Å². The van der Waals surface area contributed by atoms with Crippen molar-refractivity contribution in [1.29, 1.82) is 0 Å². The molecule has 0 spiro atoms. The highest BCUT2D eigenvalue weighted by atomic mass is 31.2. The molecule has 19 heteroatoms. The third-order valence-corrected chi connectivity index (χ3v) is 20.7. The average molecular weight is 1450 g/mol. The smallest absolute Gasteiger partial charge is 0.462 e. The number of rotatable bonds is 80. The summed E-state index contributed by atoms with van der Waals surface area (Å²) < 4.78 is 68.7. The first-order chi connectivity index (χ1) is 48.0. The minimum atomic E-state index is -4.96. The molecule has 0 aromatic carbocycles. The van der Waals surface area contributed by atoms with Gasteiger partial charge < -0.3 is 33.8 Å². The molecule has 0 aromatic heterocycles. The molecule has 0 heterocycles. The molecule has 588 valence electrons. The van der Waals surface area contributed by atoms with Gasteiger partial charge in [-0.25, -0.2) is 9.13 Å². The number of aliphatic hydroxyl groups excluding tert-OH is 1. The van der Waals surface area contributed by atoms with Gasteiger partial charge in [0.25, 0.3) is 0 Å². The summed E-state index contributed by atoms with van der Waals surface area (Å²) in [5, 5.41) is 10.6. The number of carbonyl (C=O) groups excluding carboxylic acids is 4. The Labute approximate surface area is 607 Å². The molecule has 17 nitrogen and oxygen atoms in total. The van der Waals surface area contributed by atoms with Crippen LogP contribution in [-0.2, 0) is 65.4 Å². The molecule has 0 aliphatic carbocycles. The van der Waals surface area contributed by atoms with Crippen LogP contribution in [-0.4, -0.2) is 96.7 Å². The fraction of sp³-hybridized carbons (Fsp3) is 0.950. The van der Waals surface area contributed by atoms with E-state index in [9.17, 15) is 43.2 Å². The molecule has 0 saturated carbocycles. The summed E-state index contributed by atoms with van der Waals surface area (Å²) in [6.45, 7) is 7.34. The van der Waals surface area contributed by atoms with E-state index >= 15 is 0 Å². The predicted molar refractivity (Wildman–Crippen MR) is 405 cm³/mol. The highest BCUT2D eigenvalue weighted by Crippen LogP contribution is 2.45. The summed E-state index contributed by atoms with van der Waals surface area (Å²) in [5.41, 5.74) is 0. The van der Waals surface area contributed by atoms with Crippen molar-refractivity contribution in [3.8, 4) is 0 Å². The first-order valence-corrected chi connectivity index (χ1v) is 44.6. The average Bonchev–Trinajstić information content (AvgIpc) is 1.20. The number of aliphatic hydroxyl groups is 1. The zero-order valence-electron chi connectivity index (χ0n) is 64.6. The Morgan fingerprint density at radius 3 is 0.687 bits per heavy atom. The first kappa shape index (κ1) is 97.1. The van der Waals surface area contributed by atoms with E-state index in [1.54, 1.807) is 0 Å². The lowest BCUT2D eigenvalue weighted by atomic mass is 10.0. The Kier molecular flexibility index (Phi) is 71.6. The number of esters is 4. The standard InChI is InChI=1S/C80H156O17P2/c1-6-9-12-15-18-21-23-25-27-31-35-39-44-49-54-59-64-78(83)91-70-76(97-80(85)66-61-56-51-46-41-37-33-29-30-34-38-43-47-52-57-62-73(4)5)72-95-99(88,89)93-68-74(81)67-92-98(86,87)94-71-75(69-90-77(82)63-58-53-48-42-20-17-14-11-8-3)96-79(84)65-60-55-50-45-40-36-32-28-26-24-22-19-16-13-10-7-2/h73-76,81H,6-72H2,1-5H3,(H,86,87)(H,88,89)/t74-,75+,76+/m0/s1. The quantitative estimate of drug-likeness (QED) is 0.0222. The highest BCUT2D eigenvalue weighted by Gasteiger charge is 2.30. The van der Waals surface area contributed by atoms with Crippen LogP contribution in [0.3, 0.4) is 0 Å². The number of unbranched alkanes of at least 4 members (excludes halogenated alkanes) is 52. The molecule has 2 unspecified atom stereocenters. The molecule has 5 atom stereocenters. The number of phosphoric ester groups is 2. The van der Waals surface area contributed by atoms with Gasteiger partial charge in [0.2, 0.25) is 0 Å². The topological polar surface area (TPSA) is 237 Å². The zero-order chi connectivity index (χ0) is 72.7. The van der Waals surface area contributed by atoms with Crippen LogP contribution in [0.4, 0.5) is 0 Å². The Morgan fingerprint density at radius 2 is 0.465 bits per heavy atom. The third-order valence-electron chi connectivity index (χ3n) is 18.8. The summed E-state index contributed by atoms with van der Waals surface area (Å²) in [6, 6.07) is 0. The van der Waals surface area contributed by atoms with Crippen molar-refractivity contribution in [3.63, 3.8) is 0 Å². The van der Waals surface area contributed by atoms with Crippen molar-refractivity contribution in [1.82, 2.24) is 0 Å². The second-order valence-corrected chi connectivity index (χ2v) is 32.2. The molecule has 0 aromatic rings. The Bertz CT molecular complexity index is 1890. The minimum Gasteiger partial charge on any atom is -0.462 e. The minimum absolute atomic E-state index is 0.109. The molecule has 0 aliphatic rings. The number of phosphoric acid groups is 2. The summed E-state index contributed by atoms with van der Waals surface area (Å²) >= 11 is 0. The molecule has 0 rings (SSSR count). The lowest BCUT2D eigenvalue weighted by Crippen LogP contribution is -2.30. The zero-order valence-corrected chi connectivity index (χ0v) is 66.4. The highest BCUT2D eigenvalue weighted by molar-refractivity contribution is 7.47. The number of ether oxygens (including phenoxy) is 4. The fourth-order valence-electron chi connectivity index (χ4n) is 12.4. The lowest BCUT2D eigenvalue weighted by Gasteiger charge is -2.21. The number of hydrogen-bond donors (Lipinski definition) is 3. The summed E-state index contributed by atoms with van der Waals surface area (Å²) in [6.07, 6.45) is 63.7. The molecule has 3 N–H and O–H groups in total. The van der Waals surface area contributed by atoms with Crippen molar-refractivity contribution < 1.29 is 80.2 Å². The summed E-state index contributed by atoms with van der Waals surface area (Å²) in [4.78, 5) is 73.0. The Morgan fingerprint density at radius 1 is 0.273 bits per heavy atom. The van der Waals surface area contributed by atoms with E-state index in [1.807, 2.05) is 0 Å². The maximum absolute atomic E-state index is 13.1. The van der Waals surface area contributed by atoms with Crippen LogP contribution in [0, 0.1) is 5.92 Å². The normalized spacial score (nSPS) is 13.9. The molecule has 0 bridgehead atoms. The number of carbonyl (C=O) groups is 4. The molecule has 99 heavy (non-hydrogen) atoms. The van der Waals surface area contributed by atoms with Gasteiger partial charge in [-0.2, -0.15) is 0 Å². The largest absolute Gasteiger partial charge is 0.472 e. The molecular formula is C80H156O17P2. The Hall–Kier alpha value is -1.94. The maximum atomic E-state index is 13.1. The third kappa shape index (κ3) is 74.1. The molecular weight excluding hydrogens is 1290 g/mol. The van der Waals surface area contributed by atoms with Crippen molar-refractivity contribution in [2.75, 3.05) is 39.6 Å². The van der Waals surface area contributed by atoms with Crippen molar-refractivity contribution in [2.45, 2.75) is 445 Å². The van der Waals surface area contributed by atoms with Crippen molar-refractivity contribution in [3.05, 3.63) is 0 Å². The van der Waals surface area contributed by atoms with E-state index in [0.717, 1.165) is 95.8 Å². The monoisotopic (exact) mass is 1450 g/mol. The molecule has 0 aliphatic heterocycles. The van der Waals surface area contributed by atoms with Crippen LogP contribution in [0.1, 0.15) is 426 Å². The summed E-state index contributed by atoms with van der Waals surface area (Å²) in [7, 11) is -9.91. The van der Waals surface area contributed by atoms with Crippen molar-refractivity contribution in [2.24, 2.45) is 5.92 Å². The van der Waals surface area contributed by atoms with Crippen LogP contribution < -0.4 is 0 Å². The van der Waals surface area contributed by atoms with E-state index in [1.165, 1.54) is 250 Å².